The van der Waals surface area contributed by atoms with Gasteiger partial charge < -0.3 is 4.90 Å². The molecule has 3 aromatic rings. The van der Waals surface area contributed by atoms with Crippen LogP contribution in [-0.4, -0.2) is 33.0 Å². The first-order valence-electron chi connectivity index (χ1n) is 8.35. The highest BCUT2D eigenvalue weighted by atomic mass is 15.2. The van der Waals surface area contributed by atoms with Crippen LogP contribution in [0.25, 0.3) is 22.6 Å². The van der Waals surface area contributed by atoms with Crippen LogP contribution >= 0.6 is 0 Å². The van der Waals surface area contributed by atoms with Crippen molar-refractivity contribution in [3.8, 4) is 22.6 Å². The van der Waals surface area contributed by atoms with Crippen LogP contribution in [0.15, 0.2) is 55.1 Å². The largest absolute Gasteiger partial charge is 0.356 e. The minimum Gasteiger partial charge on any atom is -0.356 e. The van der Waals surface area contributed by atoms with Crippen molar-refractivity contribution in [1.29, 1.82) is 0 Å². The Labute approximate surface area is 141 Å². The van der Waals surface area contributed by atoms with Gasteiger partial charge in [0.05, 0.1) is 5.69 Å². The van der Waals surface area contributed by atoms with Gasteiger partial charge in [0, 0.05) is 55.1 Å². The molecule has 1 saturated heterocycles. The fraction of sp³-hybridized carbons (Fsp3) is 0.263. The van der Waals surface area contributed by atoms with E-state index in [1.807, 2.05) is 24.3 Å². The van der Waals surface area contributed by atoms with Crippen LogP contribution in [0.5, 0.6) is 0 Å². The quantitative estimate of drug-likeness (QED) is 0.739. The summed E-state index contributed by atoms with van der Waals surface area (Å²) in [4.78, 5) is 20.2. The van der Waals surface area contributed by atoms with Crippen molar-refractivity contribution in [3.05, 3.63) is 55.1 Å². The Balaban J connectivity index is 1.81. The smallest absolute Gasteiger partial charge is 0.162 e. The second-order valence-electron chi connectivity index (χ2n) is 5.95. The molecule has 0 atom stereocenters. The molecule has 0 amide bonds. The van der Waals surface area contributed by atoms with Gasteiger partial charge in [0.2, 0.25) is 0 Å². The number of rotatable bonds is 3. The number of nitrogens with zero attached hydrogens (tertiary/aromatic N) is 5. The van der Waals surface area contributed by atoms with E-state index in [0.29, 0.717) is 0 Å². The Bertz CT molecular complexity index is 741. The first kappa shape index (κ1) is 14.8. The Kier molecular flexibility index (Phi) is 4.14. The lowest BCUT2D eigenvalue weighted by Gasteiger charge is -2.28. The first-order chi connectivity index (χ1) is 11.9. The summed E-state index contributed by atoms with van der Waals surface area (Å²) in [6, 6.07) is 9.96. The third kappa shape index (κ3) is 3.11. The lowest BCUT2D eigenvalue weighted by Crippen LogP contribution is -2.30. The van der Waals surface area contributed by atoms with Gasteiger partial charge in [0.25, 0.3) is 0 Å². The van der Waals surface area contributed by atoms with E-state index in [1.54, 1.807) is 24.8 Å². The molecule has 0 unspecified atom stereocenters. The van der Waals surface area contributed by atoms with Crippen LogP contribution in [0.2, 0.25) is 0 Å². The molecule has 24 heavy (non-hydrogen) atoms. The monoisotopic (exact) mass is 317 g/mol. The fourth-order valence-electron chi connectivity index (χ4n) is 3.02. The van der Waals surface area contributed by atoms with Crippen LogP contribution in [0.4, 0.5) is 5.82 Å². The normalized spacial score (nSPS) is 14.6. The predicted molar refractivity (Wildman–Crippen MR) is 94.6 cm³/mol. The molecule has 0 radical (unpaired) electrons. The summed E-state index contributed by atoms with van der Waals surface area (Å²) < 4.78 is 0. The number of aromatic nitrogens is 4. The fourth-order valence-corrected chi connectivity index (χ4v) is 3.02. The van der Waals surface area contributed by atoms with E-state index in [4.69, 9.17) is 9.97 Å². The maximum Gasteiger partial charge on any atom is 0.162 e. The summed E-state index contributed by atoms with van der Waals surface area (Å²) in [6.45, 7) is 2.12. The molecule has 5 heteroatoms. The maximum atomic E-state index is 4.82. The molecular formula is C19H19N5. The van der Waals surface area contributed by atoms with E-state index in [1.165, 1.54) is 19.3 Å². The minimum absolute atomic E-state index is 0.743. The van der Waals surface area contributed by atoms with Crippen molar-refractivity contribution >= 4 is 5.82 Å². The zero-order chi connectivity index (χ0) is 16.2. The maximum absolute atomic E-state index is 4.82. The van der Waals surface area contributed by atoms with Gasteiger partial charge in [-0.15, -0.1) is 0 Å². The molecular weight excluding hydrogens is 298 g/mol. The van der Waals surface area contributed by atoms with Gasteiger partial charge in [-0.2, -0.15) is 0 Å². The van der Waals surface area contributed by atoms with Crippen LogP contribution in [0, 0.1) is 0 Å². The van der Waals surface area contributed by atoms with Crippen molar-refractivity contribution in [2.45, 2.75) is 19.3 Å². The van der Waals surface area contributed by atoms with Crippen molar-refractivity contribution in [1.82, 2.24) is 19.9 Å². The Morgan fingerprint density at radius 3 is 2.00 bits per heavy atom. The van der Waals surface area contributed by atoms with E-state index in [0.717, 1.165) is 41.6 Å². The molecule has 5 nitrogen and oxygen atoms in total. The highest BCUT2D eigenvalue weighted by Crippen LogP contribution is 2.27. The zero-order valence-corrected chi connectivity index (χ0v) is 13.5. The van der Waals surface area contributed by atoms with Crippen molar-refractivity contribution < 1.29 is 0 Å². The molecule has 0 spiro atoms. The van der Waals surface area contributed by atoms with Gasteiger partial charge >= 0.3 is 0 Å². The van der Waals surface area contributed by atoms with Crippen LogP contribution < -0.4 is 4.90 Å². The standard InChI is InChI=1S/C19H19N5/c1-2-12-24(13-3-1)18-14-17(15-4-8-20-9-5-15)22-19(23-18)16-6-10-21-11-7-16/h4-11,14H,1-3,12-13H2. The minimum atomic E-state index is 0.743. The molecule has 0 N–H and O–H groups in total. The van der Waals surface area contributed by atoms with Crippen molar-refractivity contribution in [2.75, 3.05) is 18.0 Å². The number of piperidine rings is 1. The highest BCUT2D eigenvalue weighted by Gasteiger charge is 2.16. The first-order valence-corrected chi connectivity index (χ1v) is 8.35. The molecule has 0 aliphatic carbocycles. The second-order valence-corrected chi connectivity index (χ2v) is 5.95. The second kappa shape index (κ2) is 6.74. The third-order valence-electron chi connectivity index (χ3n) is 4.31. The summed E-state index contributed by atoms with van der Waals surface area (Å²) in [5, 5.41) is 0. The van der Waals surface area contributed by atoms with Gasteiger partial charge in [-0.05, 0) is 43.5 Å². The molecule has 0 aromatic carbocycles. The van der Waals surface area contributed by atoms with Gasteiger partial charge in [-0.25, -0.2) is 9.97 Å². The number of anilines is 1. The number of hydrogen-bond acceptors (Lipinski definition) is 5. The molecule has 0 saturated carbocycles. The van der Waals surface area contributed by atoms with Crippen LogP contribution in [-0.2, 0) is 0 Å². The van der Waals surface area contributed by atoms with Gasteiger partial charge in [-0.1, -0.05) is 0 Å². The van der Waals surface area contributed by atoms with E-state index in [9.17, 15) is 0 Å². The van der Waals surface area contributed by atoms with Gasteiger partial charge in [-0.3, -0.25) is 9.97 Å². The molecule has 4 heterocycles. The van der Waals surface area contributed by atoms with Crippen molar-refractivity contribution in [2.24, 2.45) is 0 Å². The number of pyridine rings is 2. The van der Waals surface area contributed by atoms with E-state index in [2.05, 4.69) is 20.9 Å². The van der Waals surface area contributed by atoms with E-state index < -0.39 is 0 Å². The summed E-state index contributed by atoms with van der Waals surface area (Å²) >= 11 is 0. The molecule has 1 fully saturated rings. The van der Waals surface area contributed by atoms with Crippen LogP contribution in [0.1, 0.15) is 19.3 Å². The molecule has 120 valence electrons. The average molecular weight is 317 g/mol. The topological polar surface area (TPSA) is 54.8 Å². The molecule has 1 aliphatic heterocycles. The summed E-state index contributed by atoms with van der Waals surface area (Å²) in [5.41, 5.74) is 2.97. The predicted octanol–water partition coefficient (Wildman–Crippen LogP) is 3.59. The Morgan fingerprint density at radius 1 is 0.708 bits per heavy atom. The third-order valence-corrected chi connectivity index (χ3v) is 4.31. The highest BCUT2D eigenvalue weighted by molar-refractivity contribution is 5.67. The zero-order valence-electron chi connectivity index (χ0n) is 13.5. The van der Waals surface area contributed by atoms with Gasteiger partial charge in [0.15, 0.2) is 5.82 Å². The Hall–Kier alpha value is -2.82. The lowest BCUT2D eigenvalue weighted by atomic mass is 10.1. The SMILES string of the molecule is c1cc(-c2cc(N3CCCCC3)nc(-c3ccncc3)n2)ccn1. The van der Waals surface area contributed by atoms with Crippen LogP contribution in [0.3, 0.4) is 0 Å². The average Bonchev–Trinajstić information content (AvgIpc) is 2.70. The lowest BCUT2D eigenvalue weighted by molar-refractivity contribution is 0.573. The van der Waals surface area contributed by atoms with E-state index in [-0.39, 0.29) is 0 Å². The Morgan fingerprint density at radius 2 is 1.33 bits per heavy atom. The van der Waals surface area contributed by atoms with E-state index >= 15 is 0 Å². The summed E-state index contributed by atoms with van der Waals surface area (Å²) in [7, 11) is 0. The molecule has 4 rings (SSSR count). The molecule has 1 aliphatic rings. The van der Waals surface area contributed by atoms with Crippen molar-refractivity contribution in [3.63, 3.8) is 0 Å². The summed E-state index contributed by atoms with van der Waals surface area (Å²) in [5.74, 6) is 1.75. The molecule has 0 bridgehead atoms. The summed E-state index contributed by atoms with van der Waals surface area (Å²) in [6.07, 6.45) is 10.9. The molecule has 3 aromatic heterocycles. The van der Waals surface area contributed by atoms with Gasteiger partial charge in [0.1, 0.15) is 5.82 Å². The number of hydrogen-bond donors (Lipinski definition) is 0.